The molecule has 2 amide bonds. The number of amides is 2. The maximum Gasteiger partial charge on any atom is 0.323 e. The van der Waals surface area contributed by atoms with Crippen molar-refractivity contribution in [2.45, 2.75) is 44.8 Å². The van der Waals surface area contributed by atoms with Gasteiger partial charge in [0.2, 0.25) is 11.8 Å². The molecular formula is C13H20N2O5. The summed E-state index contributed by atoms with van der Waals surface area (Å²) in [7, 11) is 0. The zero-order valence-electron chi connectivity index (χ0n) is 11.7. The lowest BCUT2D eigenvalue weighted by molar-refractivity contribution is -0.154. The highest BCUT2D eigenvalue weighted by molar-refractivity contribution is 6.06. The molecule has 2 aliphatic rings. The molecule has 2 fully saturated rings. The molecule has 2 saturated heterocycles. The van der Waals surface area contributed by atoms with E-state index >= 15 is 0 Å². The summed E-state index contributed by atoms with van der Waals surface area (Å²) in [6.07, 6.45) is 0.753. The first-order chi connectivity index (χ1) is 9.47. The van der Waals surface area contributed by atoms with E-state index in [0.29, 0.717) is 19.6 Å². The first-order valence-electron chi connectivity index (χ1n) is 6.89. The van der Waals surface area contributed by atoms with Crippen molar-refractivity contribution in [2.75, 3.05) is 19.8 Å². The van der Waals surface area contributed by atoms with Crippen molar-refractivity contribution in [3.05, 3.63) is 0 Å². The number of ether oxygens (including phenoxy) is 1. The third-order valence-corrected chi connectivity index (χ3v) is 4.05. The van der Waals surface area contributed by atoms with Crippen molar-refractivity contribution in [1.29, 1.82) is 0 Å². The number of aliphatic carboxylic acids is 1. The van der Waals surface area contributed by atoms with E-state index in [1.807, 2.05) is 13.8 Å². The molecule has 3 atom stereocenters. The van der Waals surface area contributed by atoms with Gasteiger partial charge in [0.25, 0.3) is 0 Å². The van der Waals surface area contributed by atoms with Gasteiger partial charge >= 0.3 is 5.97 Å². The number of rotatable bonds is 4. The van der Waals surface area contributed by atoms with Crippen LogP contribution in [0.15, 0.2) is 0 Å². The number of carbonyl (C=O) groups is 3. The number of carboxylic acid groups (broad SMARTS) is 1. The normalized spacial score (nSPS) is 29.8. The molecule has 2 heterocycles. The molecule has 0 spiro atoms. The molecule has 0 aromatic carbocycles. The van der Waals surface area contributed by atoms with Crippen molar-refractivity contribution in [1.82, 2.24) is 9.80 Å². The van der Waals surface area contributed by atoms with Crippen LogP contribution in [0.2, 0.25) is 0 Å². The topological polar surface area (TPSA) is 87.2 Å². The van der Waals surface area contributed by atoms with Crippen LogP contribution in [0.1, 0.15) is 26.7 Å². The van der Waals surface area contributed by atoms with E-state index in [1.54, 1.807) is 4.90 Å². The fraction of sp³-hybridized carbons (Fsp3) is 0.769. The van der Waals surface area contributed by atoms with Crippen molar-refractivity contribution in [2.24, 2.45) is 0 Å². The standard InChI is InChI=1S/C13H20N2O5/c1-3-8(2)15-11(16)6-9(12(15)17)14-4-5-20-7-10(14)13(18)19/h8-10H,3-7H2,1-2H3,(H,18,19). The quantitative estimate of drug-likeness (QED) is 0.713. The molecule has 7 heteroatoms. The number of hydrogen-bond acceptors (Lipinski definition) is 5. The van der Waals surface area contributed by atoms with Crippen molar-refractivity contribution in [3.63, 3.8) is 0 Å². The van der Waals surface area contributed by atoms with Gasteiger partial charge in [-0.1, -0.05) is 6.92 Å². The third-order valence-electron chi connectivity index (χ3n) is 4.05. The second kappa shape index (κ2) is 5.88. The Balaban J connectivity index is 2.18. The van der Waals surface area contributed by atoms with Gasteiger partial charge in [-0.2, -0.15) is 0 Å². The van der Waals surface area contributed by atoms with Crippen LogP contribution >= 0.6 is 0 Å². The van der Waals surface area contributed by atoms with Crippen LogP contribution < -0.4 is 0 Å². The largest absolute Gasteiger partial charge is 0.480 e. The Kier molecular flexibility index (Phi) is 4.39. The number of carboxylic acids is 1. The van der Waals surface area contributed by atoms with E-state index in [0.717, 1.165) is 0 Å². The van der Waals surface area contributed by atoms with Gasteiger partial charge in [-0.15, -0.1) is 0 Å². The predicted molar refractivity (Wildman–Crippen MR) is 69.0 cm³/mol. The van der Waals surface area contributed by atoms with Crippen LogP contribution in [-0.2, 0) is 19.1 Å². The van der Waals surface area contributed by atoms with Crippen LogP contribution in [0.5, 0.6) is 0 Å². The summed E-state index contributed by atoms with van der Waals surface area (Å²) in [5.74, 6) is -1.52. The number of carbonyl (C=O) groups excluding carboxylic acids is 2. The second-order valence-electron chi connectivity index (χ2n) is 5.25. The number of morpholine rings is 1. The van der Waals surface area contributed by atoms with Gasteiger partial charge in [-0.3, -0.25) is 24.2 Å². The summed E-state index contributed by atoms with van der Waals surface area (Å²) >= 11 is 0. The van der Waals surface area contributed by atoms with Crippen molar-refractivity contribution >= 4 is 17.8 Å². The Morgan fingerprint density at radius 3 is 2.80 bits per heavy atom. The Morgan fingerprint density at radius 2 is 2.20 bits per heavy atom. The average Bonchev–Trinajstić information content (AvgIpc) is 2.73. The molecule has 20 heavy (non-hydrogen) atoms. The Bertz CT molecular complexity index is 425. The minimum absolute atomic E-state index is 0.0522. The van der Waals surface area contributed by atoms with Crippen LogP contribution in [0.4, 0.5) is 0 Å². The van der Waals surface area contributed by atoms with E-state index in [1.165, 1.54) is 4.90 Å². The first kappa shape index (κ1) is 14.9. The lowest BCUT2D eigenvalue weighted by Crippen LogP contribution is -2.56. The van der Waals surface area contributed by atoms with Gasteiger partial charge in [0, 0.05) is 12.6 Å². The fourth-order valence-corrected chi connectivity index (χ4v) is 2.74. The molecule has 0 bridgehead atoms. The van der Waals surface area contributed by atoms with Crippen LogP contribution in [0.25, 0.3) is 0 Å². The highest BCUT2D eigenvalue weighted by Crippen LogP contribution is 2.25. The first-order valence-corrected chi connectivity index (χ1v) is 6.89. The molecular weight excluding hydrogens is 264 g/mol. The fourth-order valence-electron chi connectivity index (χ4n) is 2.74. The molecule has 0 aliphatic carbocycles. The summed E-state index contributed by atoms with van der Waals surface area (Å²) in [6.45, 7) is 4.52. The minimum atomic E-state index is -1.02. The number of hydrogen-bond donors (Lipinski definition) is 1. The lowest BCUT2D eigenvalue weighted by atomic mass is 10.1. The molecule has 1 N–H and O–H groups in total. The highest BCUT2D eigenvalue weighted by atomic mass is 16.5. The van der Waals surface area contributed by atoms with E-state index < -0.39 is 18.1 Å². The SMILES string of the molecule is CCC(C)N1C(=O)CC(N2CCOCC2C(=O)O)C1=O. The summed E-state index contributed by atoms with van der Waals surface area (Å²) in [5, 5.41) is 9.21. The molecule has 2 aliphatic heterocycles. The second-order valence-corrected chi connectivity index (χ2v) is 5.25. The third kappa shape index (κ3) is 2.55. The van der Waals surface area contributed by atoms with Gasteiger partial charge in [0.15, 0.2) is 0 Å². The number of likely N-dealkylation sites (tertiary alicyclic amines) is 1. The molecule has 112 valence electrons. The molecule has 7 nitrogen and oxygen atoms in total. The smallest absolute Gasteiger partial charge is 0.323 e. The van der Waals surface area contributed by atoms with Crippen LogP contribution in [0.3, 0.4) is 0 Å². The molecule has 2 rings (SSSR count). The minimum Gasteiger partial charge on any atom is -0.480 e. The number of nitrogens with zero attached hydrogens (tertiary/aromatic N) is 2. The summed E-state index contributed by atoms with van der Waals surface area (Å²) in [6, 6.07) is -1.67. The van der Waals surface area contributed by atoms with E-state index in [4.69, 9.17) is 4.74 Å². The van der Waals surface area contributed by atoms with Crippen LogP contribution in [0, 0.1) is 0 Å². The zero-order valence-corrected chi connectivity index (χ0v) is 11.7. The molecule has 0 radical (unpaired) electrons. The van der Waals surface area contributed by atoms with Gasteiger partial charge < -0.3 is 9.84 Å². The van der Waals surface area contributed by atoms with E-state index in [2.05, 4.69) is 0 Å². The van der Waals surface area contributed by atoms with Crippen molar-refractivity contribution < 1.29 is 24.2 Å². The van der Waals surface area contributed by atoms with Gasteiger partial charge in [-0.05, 0) is 13.3 Å². The summed E-state index contributed by atoms with van der Waals surface area (Å²) in [5.41, 5.74) is 0. The van der Waals surface area contributed by atoms with Gasteiger partial charge in [0.05, 0.1) is 25.7 Å². The van der Waals surface area contributed by atoms with Gasteiger partial charge in [0.1, 0.15) is 6.04 Å². The van der Waals surface area contributed by atoms with Gasteiger partial charge in [-0.25, -0.2) is 0 Å². The summed E-state index contributed by atoms with van der Waals surface area (Å²) < 4.78 is 5.16. The monoisotopic (exact) mass is 284 g/mol. The Morgan fingerprint density at radius 1 is 1.50 bits per heavy atom. The van der Waals surface area contributed by atoms with Crippen molar-refractivity contribution in [3.8, 4) is 0 Å². The Hall–Kier alpha value is -1.47. The van der Waals surface area contributed by atoms with E-state index in [-0.39, 0.29) is 30.9 Å². The highest BCUT2D eigenvalue weighted by Gasteiger charge is 2.47. The maximum atomic E-state index is 12.4. The summed E-state index contributed by atoms with van der Waals surface area (Å²) in [4.78, 5) is 38.5. The lowest BCUT2D eigenvalue weighted by Gasteiger charge is -2.36. The maximum absolute atomic E-state index is 12.4. The van der Waals surface area contributed by atoms with E-state index in [9.17, 15) is 19.5 Å². The Labute approximate surface area is 117 Å². The molecule has 0 aromatic heterocycles. The van der Waals surface area contributed by atoms with Crippen LogP contribution in [-0.4, -0.2) is 70.6 Å². The molecule has 0 aromatic rings. The predicted octanol–water partition coefficient (Wildman–Crippen LogP) is -0.302. The molecule has 3 unspecified atom stereocenters. The molecule has 0 saturated carbocycles. The number of imide groups is 1. The average molecular weight is 284 g/mol. The zero-order chi connectivity index (χ0) is 14.9.